The molecule has 0 spiro atoms. The number of hydrogen-bond acceptors (Lipinski definition) is 5. The van der Waals surface area contributed by atoms with Crippen molar-refractivity contribution < 1.29 is 23.8 Å². The minimum Gasteiger partial charge on any atom is -0.465 e. The van der Waals surface area contributed by atoms with Crippen LogP contribution in [0.1, 0.15) is 20.3 Å². The van der Waals surface area contributed by atoms with E-state index < -0.39 is 6.16 Å². The minimum absolute atomic E-state index is 0.128. The minimum atomic E-state index is -0.722. The highest BCUT2D eigenvalue weighted by Crippen LogP contribution is 1.96. The van der Waals surface area contributed by atoms with E-state index in [0.717, 1.165) is 0 Å². The molecule has 0 unspecified atom stereocenters. The molecule has 0 aromatic rings. The summed E-state index contributed by atoms with van der Waals surface area (Å²) in [6.07, 6.45) is -0.242. The first-order valence-electron chi connectivity index (χ1n) is 4.45. The Bertz CT molecular complexity index is 188. The Kier molecular flexibility index (Phi) is 6.53. The molecule has 82 valence electrons. The zero-order valence-electron chi connectivity index (χ0n) is 8.74. The highest BCUT2D eigenvalue weighted by molar-refractivity contribution is 5.71. The third-order valence-corrected chi connectivity index (χ3v) is 1.39. The number of esters is 1. The molecule has 0 saturated carbocycles. The van der Waals surface area contributed by atoms with E-state index in [-0.39, 0.29) is 25.1 Å². The van der Waals surface area contributed by atoms with Gasteiger partial charge in [0.05, 0.1) is 26.2 Å². The predicted octanol–water partition coefficient (Wildman–Crippen LogP) is 1.36. The Morgan fingerprint density at radius 3 is 2.21 bits per heavy atom. The van der Waals surface area contributed by atoms with Gasteiger partial charge in [-0.1, -0.05) is 13.8 Å². The summed E-state index contributed by atoms with van der Waals surface area (Å²) in [5, 5.41) is 0. The fourth-order valence-electron chi connectivity index (χ4n) is 0.613. The molecule has 0 fully saturated rings. The maximum atomic E-state index is 10.9. The molecule has 0 rings (SSSR count). The van der Waals surface area contributed by atoms with E-state index in [9.17, 15) is 9.59 Å². The summed E-state index contributed by atoms with van der Waals surface area (Å²) in [6.45, 7) is 3.96. The highest BCUT2D eigenvalue weighted by Gasteiger charge is 2.07. The summed E-state index contributed by atoms with van der Waals surface area (Å²) in [4.78, 5) is 21.4. The van der Waals surface area contributed by atoms with Gasteiger partial charge >= 0.3 is 12.1 Å². The Balaban J connectivity index is 3.30. The molecular formula is C9H16O5. The first-order chi connectivity index (χ1) is 6.57. The van der Waals surface area contributed by atoms with E-state index in [2.05, 4.69) is 9.47 Å². The van der Waals surface area contributed by atoms with Gasteiger partial charge in [-0.2, -0.15) is 0 Å². The van der Waals surface area contributed by atoms with Gasteiger partial charge in [-0.25, -0.2) is 4.79 Å². The first kappa shape index (κ1) is 12.7. The third-order valence-electron chi connectivity index (χ3n) is 1.39. The SMILES string of the molecule is COC(=O)OCCCOC(=O)C(C)C. The number of carbonyl (C=O) groups is 2. The maximum Gasteiger partial charge on any atom is 0.507 e. The largest absolute Gasteiger partial charge is 0.507 e. The van der Waals surface area contributed by atoms with E-state index >= 15 is 0 Å². The summed E-state index contributed by atoms with van der Waals surface area (Å²) < 4.78 is 13.7. The van der Waals surface area contributed by atoms with Gasteiger partial charge in [-0.05, 0) is 0 Å². The van der Waals surface area contributed by atoms with Gasteiger partial charge in [0, 0.05) is 6.42 Å². The van der Waals surface area contributed by atoms with Crippen LogP contribution in [0.5, 0.6) is 0 Å². The number of hydrogen-bond donors (Lipinski definition) is 0. The van der Waals surface area contributed by atoms with Crippen LogP contribution >= 0.6 is 0 Å². The molecule has 0 saturated heterocycles. The number of methoxy groups -OCH3 is 1. The third kappa shape index (κ3) is 6.28. The predicted molar refractivity (Wildman–Crippen MR) is 48.8 cm³/mol. The second kappa shape index (κ2) is 7.17. The molecule has 0 aliphatic carbocycles. The van der Waals surface area contributed by atoms with Crippen molar-refractivity contribution in [1.29, 1.82) is 0 Å². The molecule has 0 aliphatic rings. The van der Waals surface area contributed by atoms with Crippen LogP contribution in [-0.4, -0.2) is 32.4 Å². The molecule has 5 nitrogen and oxygen atoms in total. The van der Waals surface area contributed by atoms with Gasteiger partial charge in [0.1, 0.15) is 0 Å². The van der Waals surface area contributed by atoms with E-state index in [1.807, 2.05) is 0 Å². The molecule has 14 heavy (non-hydrogen) atoms. The molecule has 0 N–H and O–H groups in total. The van der Waals surface area contributed by atoms with Crippen molar-refractivity contribution in [2.45, 2.75) is 20.3 Å². The zero-order valence-corrected chi connectivity index (χ0v) is 8.74. The van der Waals surface area contributed by atoms with Gasteiger partial charge in [0.25, 0.3) is 0 Å². The van der Waals surface area contributed by atoms with Crippen LogP contribution in [-0.2, 0) is 19.0 Å². The van der Waals surface area contributed by atoms with Crippen LogP contribution in [0.3, 0.4) is 0 Å². The lowest BCUT2D eigenvalue weighted by atomic mass is 10.2. The number of ether oxygens (including phenoxy) is 3. The van der Waals surface area contributed by atoms with Crippen molar-refractivity contribution in [1.82, 2.24) is 0 Å². The van der Waals surface area contributed by atoms with Crippen molar-refractivity contribution in [3.05, 3.63) is 0 Å². The van der Waals surface area contributed by atoms with E-state index in [4.69, 9.17) is 4.74 Å². The quantitative estimate of drug-likeness (QED) is 0.499. The standard InChI is InChI=1S/C9H16O5/c1-7(2)8(10)13-5-4-6-14-9(11)12-3/h7H,4-6H2,1-3H3. The van der Waals surface area contributed by atoms with E-state index in [0.29, 0.717) is 6.42 Å². The van der Waals surface area contributed by atoms with Gasteiger partial charge < -0.3 is 14.2 Å². The van der Waals surface area contributed by atoms with Gasteiger partial charge in [-0.15, -0.1) is 0 Å². The van der Waals surface area contributed by atoms with Crippen molar-refractivity contribution in [2.75, 3.05) is 20.3 Å². The normalized spacial score (nSPS) is 9.71. The van der Waals surface area contributed by atoms with Gasteiger partial charge in [0.2, 0.25) is 0 Å². The highest BCUT2D eigenvalue weighted by atomic mass is 16.7. The molecule has 0 bridgehead atoms. The average Bonchev–Trinajstić information content (AvgIpc) is 2.16. The lowest BCUT2D eigenvalue weighted by Gasteiger charge is -2.06. The number of carbonyl (C=O) groups excluding carboxylic acids is 2. The first-order valence-corrected chi connectivity index (χ1v) is 4.45. The molecule has 0 atom stereocenters. The maximum absolute atomic E-state index is 10.9. The monoisotopic (exact) mass is 204 g/mol. The van der Waals surface area contributed by atoms with Crippen LogP contribution in [0.25, 0.3) is 0 Å². The lowest BCUT2D eigenvalue weighted by molar-refractivity contribution is -0.147. The van der Waals surface area contributed by atoms with Crippen LogP contribution in [0, 0.1) is 5.92 Å². The van der Waals surface area contributed by atoms with Crippen molar-refractivity contribution in [3.63, 3.8) is 0 Å². The number of rotatable bonds is 5. The molecule has 0 aromatic carbocycles. The van der Waals surface area contributed by atoms with E-state index in [1.165, 1.54) is 7.11 Å². The Morgan fingerprint density at radius 1 is 1.14 bits per heavy atom. The van der Waals surface area contributed by atoms with Crippen LogP contribution < -0.4 is 0 Å². The Labute approximate surface area is 83.3 Å². The summed E-state index contributed by atoms with van der Waals surface area (Å²) in [5.74, 6) is -0.375. The zero-order chi connectivity index (χ0) is 11.0. The summed E-state index contributed by atoms with van der Waals surface area (Å²) >= 11 is 0. The molecule has 5 heteroatoms. The molecule has 0 aromatic heterocycles. The Morgan fingerprint density at radius 2 is 1.71 bits per heavy atom. The molecule has 0 aliphatic heterocycles. The smallest absolute Gasteiger partial charge is 0.465 e. The van der Waals surface area contributed by atoms with Gasteiger partial charge in [-0.3, -0.25) is 4.79 Å². The van der Waals surface area contributed by atoms with Crippen molar-refractivity contribution >= 4 is 12.1 Å². The fraction of sp³-hybridized carbons (Fsp3) is 0.778. The summed E-state index contributed by atoms with van der Waals surface area (Å²) in [7, 11) is 1.24. The average molecular weight is 204 g/mol. The van der Waals surface area contributed by atoms with Crippen LogP contribution in [0.15, 0.2) is 0 Å². The summed E-state index contributed by atoms with van der Waals surface area (Å²) in [5.41, 5.74) is 0. The summed E-state index contributed by atoms with van der Waals surface area (Å²) in [6, 6.07) is 0. The molecular weight excluding hydrogens is 188 g/mol. The molecule has 0 amide bonds. The molecule has 0 heterocycles. The van der Waals surface area contributed by atoms with Crippen molar-refractivity contribution in [3.8, 4) is 0 Å². The topological polar surface area (TPSA) is 61.8 Å². The van der Waals surface area contributed by atoms with Crippen LogP contribution in [0.4, 0.5) is 4.79 Å². The molecule has 0 radical (unpaired) electrons. The van der Waals surface area contributed by atoms with Gasteiger partial charge in [0.15, 0.2) is 0 Å². The van der Waals surface area contributed by atoms with E-state index in [1.54, 1.807) is 13.8 Å². The second-order valence-corrected chi connectivity index (χ2v) is 2.98. The van der Waals surface area contributed by atoms with Crippen molar-refractivity contribution in [2.24, 2.45) is 5.92 Å². The van der Waals surface area contributed by atoms with Crippen LogP contribution in [0.2, 0.25) is 0 Å². The fourth-order valence-corrected chi connectivity index (χ4v) is 0.613. The second-order valence-electron chi connectivity index (χ2n) is 2.98. The lowest BCUT2D eigenvalue weighted by Crippen LogP contribution is -2.14. The Hall–Kier alpha value is -1.26.